The maximum absolute atomic E-state index is 5.49. The Balaban J connectivity index is 2.13. The second-order valence-electron chi connectivity index (χ2n) is 4.40. The molecule has 1 rings (SSSR count). The predicted molar refractivity (Wildman–Crippen MR) is 74.6 cm³/mol. The maximum Gasteiger partial charge on any atom is 0.0713 e. The van der Waals surface area contributed by atoms with Crippen molar-refractivity contribution in [3.63, 3.8) is 0 Å². The summed E-state index contributed by atoms with van der Waals surface area (Å²) in [7, 11) is 1.72. The number of unbranched alkanes of at least 4 members (excludes halogenated alkanes) is 1. The van der Waals surface area contributed by atoms with Crippen molar-refractivity contribution in [2.45, 2.75) is 32.9 Å². The average Bonchev–Trinajstić information content (AvgIpc) is 2.39. The van der Waals surface area contributed by atoms with E-state index in [0.717, 1.165) is 32.7 Å². The van der Waals surface area contributed by atoms with Crippen LogP contribution in [0.4, 0.5) is 0 Å². The summed E-state index contributed by atoms with van der Waals surface area (Å²) in [4.78, 5) is 0. The lowest BCUT2D eigenvalue weighted by Crippen LogP contribution is -2.19. The Morgan fingerprint density at radius 3 is 2.78 bits per heavy atom. The smallest absolute Gasteiger partial charge is 0.0713 e. The number of methoxy groups -OCH3 is 1. The minimum absolute atomic E-state index is 0.675. The molecule has 0 aromatic heterocycles. The molecule has 3 nitrogen and oxygen atoms in total. The molecule has 0 atom stereocenters. The number of nitrogens with one attached hydrogen (secondary N) is 1. The third-order valence-electron chi connectivity index (χ3n) is 2.70. The molecule has 0 unspecified atom stereocenters. The van der Waals surface area contributed by atoms with Gasteiger partial charge in [0.25, 0.3) is 0 Å². The zero-order chi connectivity index (χ0) is 13.1. The second kappa shape index (κ2) is 10.1. The summed E-state index contributed by atoms with van der Waals surface area (Å²) in [5.74, 6) is 0. The van der Waals surface area contributed by atoms with Crippen LogP contribution < -0.4 is 5.32 Å². The van der Waals surface area contributed by atoms with Crippen molar-refractivity contribution >= 4 is 0 Å². The number of hydrogen-bond acceptors (Lipinski definition) is 3. The summed E-state index contributed by atoms with van der Waals surface area (Å²) >= 11 is 0. The van der Waals surface area contributed by atoms with E-state index >= 15 is 0 Å². The van der Waals surface area contributed by atoms with Gasteiger partial charge < -0.3 is 14.8 Å². The topological polar surface area (TPSA) is 30.5 Å². The zero-order valence-corrected chi connectivity index (χ0v) is 11.6. The molecule has 0 aliphatic carbocycles. The van der Waals surface area contributed by atoms with Gasteiger partial charge in [-0.25, -0.2) is 0 Å². The number of benzene rings is 1. The van der Waals surface area contributed by atoms with Gasteiger partial charge in [-0.15, -0.1) is 0 Å². The van der Waals surface area contributed by atoms with Crippen molar-refractivity contribution in [2.75, 3.05) is 26.9 Å². The van der Waals surface area contributed by atoms with Crippen molar-refractivity contribution in [1.82, 2.24) is 5.32 Å². The van der Waals surface area contributed by atoms with Crippen molar-refractivity contribution in [2.24, 2.45) is 0 Å². The van der Waals surface area contributed by atoms with Crippen molar-refractivity contribution < 1.29 is 9.47 Å². The van der Waals surface area contributed by atoms with Crippen LogP contribution in [-0.4, -0.2) is 26.9 Å². The lowest BCUT2D eigenvalue weighted by atomic mass is 10.1. The average molecular weight is 251 g/mol. The van der Waals surface area contributed by atoms with E-state index in [1.807, 2.05) is 0 Å². The van der Waals surface area contributed by atoms with Gasteiger partial charge in [-0.2, -0.15) is 0 Å². The van der Waals surface area contributed by atoms with Crippen LogP contribution in [0.25, 0.3) is 0 Å². The predicted octanol–water partition coefficient (Wildman–Crippen LogP) is 2.74. The maximum atomic E-state index is 5.49. The van der Waals surface area contributed by atoms with Gasteiger partial charge in [0, 0.05) is 26.8 Å². The summed E-state index contributed by atoms with van der Waals surface area (Å²) in [5, 5.41) is 3.38. The van der Waals surface area contributed by atoms with E-state index in [1.54, 1.807) is 7.11 Å². The van der Waals surface area contributed by atoms with E-state index in [1.165, 1.54) is 17.5 Å². The van der Waals surface area contributed by atoms with Crippen LogP contribution in [0.15, 0.2) is 24.3 Å². The second-order valence-corrected chi connectivity index (χ2v) is 4.40. The first-order valence-corrected chi connectivity index (χ1v) is 6.72. The van der Waals surface area contributed by atoms with Crippen LogP contribution in [0.3, 0.4) is 0 Å². The van der Waals surface area contributed by atoms with Crippen molar-refractivity contribution in [1.29, 1.82) is 0 Å². The summed E-state index contributed by atoms with van der Waals surface area (Å²) in [6, 6.07) is 8.46. The molecule has 102 valence electrons. The molecular weight excluding hydrogens is 226 g/mol. The summed E-state index contributed by atoms with van der Waals surface area (Å²) in [6.45, 7) is 6.30. The molecule has 0 fully saturated rings. The number of ether oxygens (including phenoxy) is 2. The third-order valence-corrected chi connectivity index (χ3v) is 2.70. The fourth-order valence-electron chi connectivity index (χ4n) is 1.72. The SMILES string of the molecule is CCCCOCCNCc1cccc(COC)c1. The van der Waals surface area contributed by atoms with Gasteiger partial charge in [-0.3, -0.25) is 0 Å². The first-order valence-electron chi connectivity index (χ1n) is 6.72. The van der Waals surface area contributed by atoms with Crippen LogP contribution in [0.1, 0.15) is 30.9 Å². The molecule has 0 aliphatic heterocycles. The van der Waals surface area contributed by atoms with E-state index < -0.39 is 0 Å². The Morgan fingerprint density at radius 1 is 1.17 bits per heavy atom. The Bertz CT molecular complexity index is 315. The normalized spacial score (nSPS) is 10.8. The van der Waals surface area contributed by atoms with Crippen LogP contribution in [0.2, 0.25) is 0 Å². The first-order chi connectivity index (χ1) is 8.86. The van der Waals surface area contributed by atoms with Gasteiger partial charge in [-0.1, -0.05) is 37.6 Å². The monoisotopic (exact) mass is 251 g/mol. The quantitative estimate of drug-likeness (QED) is 0.649. The Hall–Kier alpha value is -0.900. The molecule has 0 saturated carbocycles. The minimum Gasteiger partial charge on any atom is -0.380 e. The molecule has 0 spiro atoms. The van der Waals surface area contributed by atoms with E-state index in [-0.39, 0.29) is 0 Å². The molecular formula is C15H25NO2. The van der Waals surface area contributed by atoms with Crippen molar-refractivity contribution in [3.8, 4) is 0 Å². The van der Waals surface area contributed by atoms with Gasteiger partial charge in [0.15, 0.2) is 0 Å². The highest BCUT2D eigenvalue weighted by Crippen LogP contribution is 2.05. The van der Waals surface area contributed by atoms with Crippen molar-refractivity contribution in [3.05, 3.63) is 35.4 Å². The summed E-state index contributed by atoms with van der Waals surface area (Å²) < 4.78 is 10.6. The highest BCUT2D eigenvalue weighted by molar-refractivity contribution is 5.22. The van der Waals surface area contributed by atoms with Gasteiger partial charge in [-0.05, 0) is 17.5 Å². The molecule has 1 aromatic rings. The molecule has 0 radical (unpaired) electrons. The summed E-state index contributed by atoms with van der Waals surface area (Å²) in [6.07, 6.45) is 2.35. The van der Waals surface area contributed by atoms with E-state index in [2.05, 4.69) is 36.5 Å². The standard InChI is InChI=1S/C15H25NO2/c1-3-4-9-18-10-8-16-12-14-6-5-7-15(11-14)13-17-2/h5-7,11,16H,3-4,8-10,12-13H2,1-2H3. The highest BCUT2D eigenvalue weighted by Gasteiger charge is 1.96. The molecule has 18 heavy (non-hydrogen) atoms. The molecule has 0 heterocycles. The van der Waals surface area contributed by atoms with Crippen LogP contribution in [0, 0.1) is 0 Å². The molecule has 0 bridgehead atoms. The molecule has 0 amide bonds. The van der Waals surface area contributed by atoms with E-state index in [4.69, 9.17) is 9.47 Å². The minimum atomic E-state index is 0.675. The Labute approximate surface area is 110 Å². The van der Waals surface area contributed by atoms with Gasteiger partial charge in [0.05, 0.1) is 13.2 Å². The highest BCUT2D eigenvalue weighted by atomic mass is 16.5. The number of hydrogen-bond donors (Lipinski definition) is 1. The first kappa shape index (κ1) is 15.2. The van der Waals surface area contributed by atoms with Crippen LogP contribution in [-0.2, 0) is 22.6 Å². The lowest BCUT2D eigenvalue weighted by Gasteiger charge is -2.07. The molecule has 0 saturated heterocycles. The van der Waals surface area contributed by atoms with Gasteiger partial charge >= 0.3 is 0 Å². The molecule has 0 aliphatic rings. The fourth-order valence-corrected chi connectivity index (χ4v) is 1.72. The summed E-state index contributed by atoms with van der Waals surface area (Å²) in [5.41, 5.74) is 2.51. The Kier molecular flexibility index (Phi) is 8.47. The largest absolute Gasteiger partial charge is 0.380 e. The molecule has 3 heteroatoms. The van der Waals surface area contributed by atoms with Gasteiger partial charge in [0.2, 0.25) is 0 Å². The molecule has 1 N–H and O–H groups in total. The zero-order valence-electron chi connectivity index (χ0n) is 11.6. The van der Waals surface area contributed by atoms with E-state index in [0.29, 0.717) is 6.61 Å². The van der Waals surface area contributed by atoms with Crippen LogP contribution >= 0.6 is 0 Å². The van der Waals surface area contributed by atoms with Crippen LogP contribution in [0.5, 0.6) is 0 Å². The fraction of sp³-hybridized carbons (Fsp3) is 0.600. The third kappa shape index (κ3) is 6.74. The number of rotatable bonds is 10. The lowest BCUT2D eigenvalue weighted by molar-refractivity contribution is 0.133. The molecule has 1 aromatic carbocycles. The van der Waals surface area contributed by atoms with E-state index in [9.17, 15) is 0 Å². The van der Waals surface area contributed by atoms with Gasteiger partial charge in [0.1, 0.15) is 0 Å². The Morgan fingerprint density at radius 2 is 2.00 bits per heavy atom.